The fraction of sp³-hybridized carbons (Fsp3) is 0.417. The van der Waals surface area contributed by atoms with Crippen molar-refractivity contribution in [3.05, 3.63) is 52.5 Å². The molecule has 0 aliphatic carbocycles. The number of carbonyl (C=O) groups is 1. The molecule has 0 bridgehead atoms. The minimum absolute atomic E-state index is 0.152. The van der Waals surface area contributed by atoms with Gasteiger partial charge in [0.25, 0.3) is 0 Å². The van der Waals surface area contributed by atoms with Gasteiger partial charge in [-0.05, 0) is 45.0 Å². The summed E-state index contributed by atoms with van der Waals surface area (Å²) in [5.41, 5.74) is 4.10. The average Bonchev–Trinajstić information content (AvgIpc) is 3.40. The fourth-order valence-electron chi connectivity index (χ4n) is 4.26. The van der Waals surface area contributed by atoms with E-state index in [0.717, 1.165) is 0 Å². The van der Waals surface area contributed by atoms with Crippen molar-refractivity contribution in [1.82, 2.24) is 19.5 Å². The molecule has 1 aromatic carbocycles. The van der Waals surface area contributed by atoms with Gasteiger partial charge in [-0.15, -0.1) is 0 Å². The summed E-state index contributed by atoms with van der Waals surface area (Å²) in [5.74, 6) is -2.41. The number of anilines is 1. The van der Waals surface area contributed by atoms with Crippen LogP contribution in [0.15, 0.2) is 36.9 Å². The van der Waals surface area contributed by atoms with Crippen molar-refractivity contribution in [2.24, 2.45) is 0 Å². The van der Waals surface area contributed by atoms with E-state index in [1.807, 2.05) is 0 Å². The summed E-state index contributed by atoms with van der Waals surface area (Å²) in [6, 6.07) is 4.75. The standard InChI is InChI=1S/C22H24Cl2N5O7P.C2HF3O2/c1-21(2)7-14(11-4-12(23)6-13(24)5-11)35-37(32,36-21)33-8-15-17(30)22(3,31)20(34-15)29-10-28-16-18(25)26-9-27-19(16)29;3-2(4,5)1(6)7/h4-7,9-10,15,17,20,30-31H,8H2,1-3H3,(H2,25,26,27);(H,6,7)/t15-,17-,20-,22-,37?;/m1./s1. The highest BCUT2D eigenvalue weighted by Crippen LogP contribution is 2.59. The molecule has 1 unspecified atom stereocenters. The third kappa shape index (κ3) is 7.26. The van der Waals surface area contributed by atoms with Crippen molar-refractivity contribution in [2.75, 3.05) is 12.3 Å². The molecule has 0 saturated carbocycles. The second-order valence-electron chi connectivity index (χ2n) is 10.3. The number of aliphatic carboxylic acids is 1. The highest BCUT2D eigenvalue weighted by Gasteiger charge is 2.54. The number of phosphoric acid groups is 1. The van der Waals surface area contributed by atoms with Gasteiger partial charge in [0.1, 0.15) is 35.4 Å². The number of hydrogen-bond acceptors (Lipinski definition) is 12. The Bertz CT molecular complexity index is 1630. The minimum Gasteiger partial charge on any atom is -0.475 e. The van der Waals surface area contributed by atoms with Crippen molar-refractivity contribution in [3.8, 4) is 0 Å². The van der Waals surface area contributed by atoms with Crippen molar-refractivity contribution >= 4 is 59.7 Å². The Morgan fingerprint density at radius 2 is 1.80 bits per heavy atom. The number of hydrogen-bond donors (Lipinski definition) is 4. The maximum Gasteiger partial charge on any atom is 0.531 e. The monoisotopic (exact) mass is 685 g/mol. The number of alkyl halides is 3. The molecule has 44 heavy (non-hydrogen) atoms. The molecule has 4 heterocycles. The van der Waals surface area contributed by atoms with E-state index in [9.17, 15) is 27.9 Å². The topological polar surface area (TPSA) is 201 Å². The first-order chi connectivity index (χ1) is 20.2. The number of halogens is 5. The lowest BCUT2D eigenvalue weighted by Gasteiger charge is -2.33. The van der Waals surface area contributed by atoms with E-state index in [1.54, 1.807) is 38.1 Å². The Morgan fingerprint density at radius 1 is 1.18 bits per heavy atom. The normalized spacial score (nSPS) is 28.1. The van der Waals surface area contributed by atoms with E-state index < -0.39 is 56.2 Å². The lowest BCUT2D eigenvalue weighted by Crippen LogP contribution is -2.44. The van der Waals surface area contributed by atoms with Crippen LogP contribution in [0.4, 0.5) is 19.0 Å². The second-order valence-corrected chi connectivity index (χ2v) is 12.7. The van der Waals surface area contributed by atoms with E-state index in [1.165, 1.54) is 24.1 Å². The Labute approximate surface area is 256 Å². The van der Waals surface area contributed by atoms with E-state index in [4.69, 9.17) is 57.1 Å². The van der Waals surface area contributed by atoms with Gasteiger partial charge in [-0.25, -0.2) is 24.3 Å². The molecule has 5 rings (SSSR count). The molecule has 2 aromatic heterocycles. The number of benzene rings is 1. The number of nitrogens with two attached hydrogens (primary N) is 1. The van der Waals surface area contributed by atoms with Crippen LogP contribution in [0.5, 0.6) is 0 Å². The number of aliphatic hydroxyl groups is 2. The summed E-state index contributed by atoms with van der Waals surface area (Å²) in [6.07, 6.45) is -4.53. The Morgan fingerprint density at radius 3 is 2.39 bits per heavy atom. The summed E-state index contributed by atoms with van der Waals surface area (Å²) in [5, 5.41) is 29.8. The van der Waals surface area contributed by atoms with Gasteiger partial charge in [-0.1, -0.05) is 23.2 Å². The molecule has 2 aliphatic heterocycles. The molecule has 20 heteroatoms. The van der Waals surface area contributed by atoms with E-state index in [2.05, 4.69) is 15.0 Å². The Kier molecular flexibility index (Phi) is 9.28. The summed E-state index contributed by atoms with van der Waals surface area (Å²) in [4.78, 5) is 21.1. The third-order valence-corrected chi connectivity index (χ3v) is 8.23. The van der Waals surface area contributed by atoms with Crippen LogP contribution >= 0.6 is 31.0 Å². The van der Waals surface area contributed by atoms with Gasteiger partial charge in [-0.3, -0.25) is 13.6 Å². The SMILES string of the molecule is CC1(C)C=C(c2cc(Cl)cc(Cl)c2)OP(=O)(OC[C@H]2O[C@@H](n3cnc4c(N)ncnc43)[C@](C)(O)[C@@H]2O)O1.O=C(O)C(F)(F)F. The zero-order chi connectivity index (χ0) is 32.8. The quantitative estimate of drug-likeness (QED) is 0.276. The number of imidazole rings is 1. The number of aromatic nitrogens is 4. The highest BCUT2D eigenvalue weighted by atomic mass is 35.5. The van der Waals surface area contributed by atoms with Gasteiger partial charge in [0.2, 0.25) is 0 Å². The van der Waals surface area contributed by atoms with Crippen LogP contribution in [0.25, 0.3) is 16.9 Å². The van der Waals surface area contributed by atoms with Crippen molar-refractivity contribution in [2.45, 2.75) is 56.6 Å². The maximum atomic E-state index is 13.5. The first kappa shape index (κ1) is 33.9. The number of rotatable bonds is 5. The van der Waals surface area contributed by atoms with Crippen molar-refractivity contribution < 1.29 is 56.2 Å². The smallest absolute Gasteiger partial charge is 0.475 e. The fourth-order valence-corrected chi connectivity index (χ4v) is 6.29. The molecular weight excluding hydrogens is 661 g/mol. The number of ether oxygens (including phenoxy) is 1. The summed E-state index contributed by atoms with van der Waals surface area (Å²) in [7, 11) is -4.22. The van der Waals surface area contributed by atoms with Crippen molar-refractivity contribution in [1.29, 1.82) is 0 Å². The molecular formula is C24H25Cl2F3N5O9P. The molecule has 5 N–H and O–H groups in total. The van der Waals surface area contributed by atoms with Gasteiger partial charge in [0.15, 0.2) is 17.7 Å². The van der Waals surface area contributed by atoms with E-state index >= 15 is 0 Å². The summed E-state index contributed by atoms with van der Waals surface area (Å²) in [6.45, 7) is 4.31. The average molecular weight is 686 g/mol. The molecule has 0 amide bonds. The molecule has 5 atom stereocenters. The maximum absolute atomic E-state index is 13.5. The number of carboxylic acid groups (broad SMARTS) is 1. The number of nitrogen functional groups attached to an aromatic ring is 1. The Balaban J connectivity index is 0.000000566. The molecule has 3 aromatic rings. The third-order valence-electron chi connectivity index (χ3n) is 6.22. The van der Waals surface area contributed by atoms with Crippen LogP contribution in [0, 0.1) is 0 Å². The molecule has 1 saturated heterocycles. The van der Waals surface area contributed by atoms with Crippen LogP contribution in [0.3, 0.4) is 0 Å². The molecule has 2 aliphatic rings. The number of nitrogens with zero attached hydrogens (tertiary/aromatic N) is 4. The summed E-state index contributed by atoms with van der Waals surface area (Å²) >= 11 is 12.2. The van der Waals surface area contributed by atoms with Crippen LogP contribution in [-0.4, -0.2) is 77.0 Å². The zero-order valence-corrected chi connectivity index (χ0v) is 25.3. The predicted octanol–water partition coefficient (Wildman–Crippen LogP) is 4.35. The number of fused-ring (bicyclic) bond motifs is 1. The molecule has 240 valence electrons. The molecule has 14 nitrogen and oxygen atoms in total. The molecule has 0 radical (unpaired) electrons. The molecule has 0 spiro atoms. The minimum atomic E-state index is -5.08. The van der Waals surface area contributed by atoms with Crippen molar-refractivity contribution in [3.63, 3.8) is 0 Å². The Hall–Kier alpha value is -3.02. The van der Waals surface area contributed by atoms with E-state index in [-0.39, 0.29) is 11.6 Å². The van der Waals surface area contributed by atoms with Crippen LogP contribution in [0.2, 0.25) is 10.0 Å². The number of phosphoric ester groups is 1. The zero-order valence-electron chi connectivity index (χ0n) is 22.9. The van der Waals surface area contributed by atoms with Gasteiger partial charge in [0.05, 0.1) is 18.5 Å². The van der Waals surface area contributed by atoms with Crippen LogP contribution in [-0.2, 0) is 27.7 Å². The highest BCUT2D eigenvalue weighted by molar-refractivity contribution is 7.49. The summed E-state index contributed by atoms with van der Waals surface area (Å²) < 4.78 is 69.4. The lowest BCUT2D eigenvalue weighted by molar-refractivity contribution is -0.192. The van der Waals surface area contributed by atoms with Gasteiger partial charge in [0, 0.05) is 15.6 Å². The van der Waals surface area contributed by atoms with E-state index in [0.29, 0.717) is 26.8 Å². The van der Waals surface area contributed by atoms with Crippen LogP contribution < -0.4 is 5.73 Å². The lowest BCUT2D eigenvalue weighted by atomic mass is 9.96. The molecule has 1 fully saturated rings. The predicted molar refractivity (Wildman–Crippen MR) is 148 cm³/mol. The number of carboxylic acids is 1. The van der Waals surface area contributed by atoms with Gasteiger partial charge >= 0.3 is 20.0 Å². The number of aliphatic hydroxyl groups excluding tert-OH is 1. The van der Waals surface area contributed by atoms with Gasteiger partial charge in [-0.2, -0.15) is 13.2 Å². The largest absolute Gasteiger partial charge is 0.531 e. The first-order valence-electron chi connectivity index (χ1n) is 12.4. The second kappa shape index (κ2) is 12.1. The first-order valence-corrected chi connectivity index (χ1v) is 14.6. The van der Waals surface area contributed by atoms with Crippen LogP contribution in [0.1, 0.15) is 32.6 Å². The van der Waals surface area contributed by atoms with Gasteiger partial charge < -0.3 is 30.3 Å².